The van der Waals surface area contributed by atoms with E-state index in [9.17, 15) is 0 Å². The topological polar surface area (TPSA) is 24.7 Å². The average molecular weight is 302 g/mol. The second-order valence-electron chi connectivity index (χ2n) is 1.31. The normalized spacial score (nSPS) is 8.77. The third-order valence-electron chi connectivity index (χ3n) is 0.469. The molecule has 0 saturated heterocycles. The van der Waals surface area contributed by atoms with Crippen LogP contribution >= 0.6 is 24.4 Å². The Morgan fingerprint density at radius 2 is 1.23 bits per heavy atom. The maximum Gasteiger partial charge on any atom is 2.00 e. The molecule has 0 spiro atoms. The summed E-state index contributed by atoms with van der Waals surface area (Å²) in [6, 6.07) is 0. The van der Waals surface area contributed by atoms with Crippen molar-refractivity contribution in [3.63, 3.8) is 0 Å². The zero-order chi connectivity index (χ0) is 9.98. The molecule has 13 heavy (non-hydrogen) atoms. The van der Waals surface area contributed by atoms with Crippen molar-refractivity contribution in [2.45, 2.75) is 13.8 Å². The molecule has 0 saturated carbocycles. The average Bonchev–Trinajstić information content (AvgIpc) is 1.87. The van der Waals surface area contributed by atoms with Gasteiger partial charge in [0.2, 0.25) is 0 Å². The van der Waals surface area contributed by atoms with Gasteiger partial charge >= 0.3 is 19.5 Å². The first-order chi connectivity index (χ1) is 5.54. The Morgan fingerprint density at radius 3 is 1.23 bits per heavy atom. The Balaban J connectivity index is -0.000000143. The number of aliphatic imine (C=N–C) groups is 2. The van der Waals surface area contributed by atoms with Gasteiger partial charge in [0, 0.05) is 0 Å². The summed E-state index contributed by atoms with van der Waals surface area (Å²) < 4.78 is 0.551. The number of rotatable bonds is 0. The van der Waals surface area contributed by atoms with E-state index >= 15 is 0 Å². The van der Waals surface area contributed by atoms with Gasteiger partial charge in [-0.05, 0) is 34.9 Å². The zero-order valence-corrected chi connectivity index (χ0v) is 13.6. The molecule has 0 aromatic rings. The number of hydrogen-bond donors (Lipinski definition) is 0. The standard InChI is InChI=1S/2C3H5NS2.Zn/c2*1-2-4-3(5)6;/h2*2H,1H3,(H,5,6);/q;;+2/p-2. The molecule has 0 aliphatic heterocycles. The van der Waals surface area contributed by atoms with Crippen molar-refractivity contribution in [3.05, 3.63) is 0 Å². The van der Waals surface area contributed by atoms with Gasteiger partial charge in [-0.25, -0.2) is 0 Å². The first-order valence-corrected chi connectivity index (χ1v) is 4.57. The predicted molar refractivity (Wildman–Crippen MR) is 68.3 cm³/mol. The monoisotopic (exact) mass is 300 g/mol. The summed E-state index contributed by atoms with van der Waals surface area (Å²) in [6.45, 7) is 3.55. The molecular weight excluding hydrogens is 294 g/mol. The van der Waals surface area contributed by atoms with E-state index in [0.29, 0.717) is 0 Å². The molecule has 0 radical (unpaired) electrons. The Hall–Kier alpha value is 0.583. The molecule has 0 aliphatic rings. The molecular formula is C6H8N2S4Zn. The van der Waals surface area contributed by atoms with Crippen LogP contribution in [0.1, 0.15) is 13.8 Å². The molecule has 0 amide bonds. The fourth-order valence-corrected chi connectivity index (χ4v) is 0.632. The van der Waals surface area contributed by atoms with E-state index in [4.69, 9.17) is 0 Å². The van der Waals surface area contributed by atoms with Gasteiger partial charge in [-0.3, -0.25) is 9.98 Å². The van der Waals surface area contributed by atoms with Crippen molar-refractivity contribution in [1.82, 2.24) is 0 Å². The van der Waals surface area contributed by atoms with Crippen molar-refractivity contribution in [2.24, 2.45) is 9.98 Å². The van der Waals surface area contributed by atoms with Gasteiger partial charge in [-0.15, -0.1) is 0 Å². The van der Waals surface area contributed by atoms with Gasteiger partial charge in [-0.2, -0.15) is 0 Å². The third kappa shape index (κ3) is 32.5. The van der Waals surface area contributed by atoms with Crippen molar-refractivity contribution in [1.29, 1.82) is 0 Å². The minimum atomic E-state index is 0. The molecule has 0 fully saturated rings. The summed E-state index contributed by atoms with van der Waals surface area (Å²) in [7, 11) is 0. The van der Waals surface area contributed by atoms with E-state index in [1.807, 2.05) is 0 Å². The summed E-state index contributed by atoms with van der Waals surface area (Å²) in [5, 5.41) is 0. The summed E-state index contributed by atoms with van der Waals surface area (Å²) in [5.74, 6) is 0. The van der Waals surface area contributed by atoms with Crippen molar-refractivity contribution in [2.75, 3.05) is 0 Å². The maximum atomic E-state index is 4.41. The summed E-state index contributed by atoms with van der Waals surface area (Å²) in [6.07, 6.45) is 3.16. The fourth-order valence-electron chi connectivity index (χ4n) is 0.211. The van der Waals surface area contributed by atoms with Crippen molar-refractivity contribution < 1.29 is 19.5 Å². The van der Waals surface area contributed by atoms with Crippen LogP contribution in [0.2, 0.25) is 0 Å². The summed E-state index contributed by atoms with van der Waals surface area (Å²) >= 11 is 17.6. The van der Waals surface area contributed by atoms with E-state index in [1.165, 1.54) is 0 Å². The molecule has 0 N–H and O–H groups in total. The number of nitrogens with zero attached hydrogens (tertiary/aromatic N) is 2. The van der Waals surface area contributed by atoms with Crippen LogP contribution in [0.5, 0.6) is 0 Å². The third-order valence-corrected chi connectivity index (χ3v) is 0.891. The molecule has 0 bridgehead atoms. The molecule has 0 aliphatic carbocycles. The first-order valence-electron chi connectivity index (χ1n) is 2.93. The molecule has 0 aromatic carbocycles. The zero-order valence-electron chi connectivity index (χ0n) is 7.39. The second-order valence-corrected chi connectivity index (χ2v) is 3.37. The minimum Gasteiger partial charge on any atom is -0.409 e. The van der Waals surface area contributed by atoms with E-state index < -0.39 is 0 Å². The number of thiocarbonyl (C=S) groups is 2. The minimum absolute atomic E-state index is 0. The van der Waals surface area contributed by atoms with E-state index in [-0.39, 0.29) is 28.1 Å². The van der Waals surface area contributed by atoms with Crippen LogP contribution in [0.4, 0.5) is 0 Å². The summed E-state index contributed by atoms with van der Waals surface area (Å²) in [4.78, 5) is 7.09. The van der Waals surface area contributed by atoms with E-state index in [0.717, 1.165) is 0 Å². The van der Waals surface area contributed by atoms with Gasteiger partial charge in [-0.1, -0.05) is 0 Å². The van der Waals surface area contributed by atoms with Crippen LogP contribution in [0, 0.1) is 0 Å². The van der Waals surface area contributed by atoms with Crippen LogP contribution in [-0.4, -0.2) is 21.1 Å². The van der Waals surface area contributed by atoms with Gasteiger partial charge in [0.1, 0.15) is 0 Å². The molecule has 68 valence electrons. The maximum absolute atomic E-state index is 4.41. The first kappa shape index (κ1) is 19.2. The van der Waals surface area contributed by atoms with Crippen molar-refractivity contribution in [3.8, 4) is 0 Å². The Labute approximate surface area is 113 Å². The molecule has 0 heterocycles. The van der Waals surface area contributed by atoms with Crippen molar-refractivity contribution >= 4 is 70.8 Å². The quantitative estimate of drug-likeness (QED) is 0.295. The van der Waals surface area contributed by atoms with Crippen LogP contribution in [0.3, 0.4) is 0 Å². The van der Waals surface area contributed by atoms with Crippen LogP contribution < -0.4 is 0 Å². The Bertz CT molecular complexity index is 181. The number of hydrogen-bond acceptors (Lipinski definition) is 4. The smallest absolute Gasteiger partial charge is 0.409 e. The predicted octanol–water partition coefficient (Wildman–Crippen LogP) is 1.82. The van der Waals surface area contributed by atoms with Crippen LogP contribution in [0.15, 0.2) is 9.98 Å². The van der Waals surface area contributed by atoms with E-state index in [1.54, 1.807) is 26.3 Å². The fraction of sp³-hybridized carbons (Fsp3) is 0.333. The van der Waals surface area contributed by atoms with Gasteiger partial charge < -0.3 is 49.7 Å². The molecule has 7 heteroatoms. The molecule has 0 unspecified atom stereocenters. The molecule has 0 aromatic heterocycles. The van der Waals surface area contributed by atoms with Gasteiger partial charge in [0.25, 0.3) is 0 Å². The van der Waals surface area contributed by atoms with Crippen LogP contribution in [0.25, 0.3) is 0 Å². The molecule has 0 rings (SSSR count). The van der Waals surface area contributed by atoms with Gasteiger partial charge in [0.15, 0.2) is 0 Å². The largest absolute Gasteiger partial charge is 2.00 e. The second kappa shape index (κ2) is 15.1. The summed E-state index contributed by atoms with van der Waals surface area (Å²) in [5.41, 5.74) is 0. The van der Waals surface area contributed by atoms with Crippen LogP contribution in [-0.2, 0) is 44.7 Å². The van der Waals surface area contributed by atoms with E-state index in [2.05, 4.69) is 59.7 Å². The Morgan fingerprint density at radius 1 is 1.00 bits per heavy atom. The molecule has 2 nitrogen and oxygen atoms in total. The van der Waals surface area contributed by atoms with Gasteiger partial charge in [0.05, 0.1) is 0 Å². The molecule has 0 atom stereocenters. The Kier molecular flexibility index (Phi) is 22.3. The SMILES string of the molecule is CC=NC(=S)[S-].CC=NC(=S)[S-].[Zn+2].